The number of benzene rings is 2. The molecule has 2 N–H and O–H groups in total. The van der Waals surface area contributed by atoms with Gasteiger partial charge in [0.15, 0.2) is 0 Å². The van der Waals surface area contributed by atoms with Gasteiger partial charge in [0.25, 0.3) is 0 Å². The summed E-state index contributed by atoms with van der Waals surface area (Å²) in [5, 5.41) is 3.89. The Morgan fingerprint density at radius 1 is 1.08 bits per heavy atom. The van der Waals surface area contributed by atoms with Crippen LogP contribution < -0.4 is 10.9 Å². The van der Waals surface area contributed by atoms with Gasteiger partial charge >= 0.3 is 6.03 Å². The summed E-state index contributed by atoms with van der Waals surface area (Å²) in [7, 11) is 0. The number of anilines is 1. The van der Waals surface area contributed by atoms with E-state index >= 15 is 0 Å². The number of fused-ring (bicyclic) bond motifs is 1. The molecule has 26 heavy (non-hydrogen) atoms. The predicted octanol–water partition coefficient (Wildman–Crippen LogP) is 4.20. The fourth-order valence-electron chi connectivity index (χ4n) is 2.96. The number of aromatic amines is 1. The molecule has 1 heterocycles. The number of nitrogens with one attached hydrogen (secondary N) is 2. The minimum atomic E-state index is -0.180. The number of carbonyl (C=O) groups is 1. The molecule has 1 aromatic heterocycles. The molecule has 3 aromatic rings. The predicted molar refractivity (Wildman–Crippen MR) is 106 cm³/mol. The Bertz CT molecular complexity index is 1010. The molecule has 0 atom stereocenters. The Labute approximate surface area is 152 Å². The van der Waals surface area contributed by atoms with E-state index in [0.717, 1.165) is 27.7 Å². The zero-order valence-corrected chi connectivity index (χ0v) is 15.3. The third-order valence-electron chi connectivity index (χ3n) is 4.62. The Kier molecular flexibility index (Phi) is 5.07. The number of H-pyrrole nitrogens is 1. The van der Waals surface area contributed by atoms with Crippen molar-refractivity contribution in [2.75, 3.05) is 11.9 Å². The molecule has 0 radical (unpaired) electrons. The summed E-state index contributed by atoms with van der Waals surface area (Å²) in [5.74, 6) is 0. The first-order chi connectivity index (χ1) is 12.5. The number of aryl methyl sites for hydroxylation is 2. The smallest absolute Gasteiger partial charge is 0.322 e. The topological polar surface area (TPSA) is 65.2 Å². The van der Waals surface area contributed by atoms with Gasteiger partial charge in [0.05, 0.1) is 0 Å². The monoisotopic (exact) mass is 349 g/mol. The van der Waals surface area contributed by atoms with Crippen LogP contribution in [0, 0.1) is 13.8 Å². The molecule has 0 aliphatic rings. The van der Waals surface area contributed by atoms with Crippen molar-refractivity contribution in [3.63, 3.8) is 0 Å². The standard InChI is InChI=1S/C21H23N3O2/c1-4-24(21(26)22-17-10-9-14(2)15(3)11-17)13-16-12-20(25)23-19-8-6-5-7-18(16)19/h5-12H,4,13H2,1-3H3,(H,22,26)(H,23,25). The van der Waals surface area contributed by atoms with Gasteiger partial charge in [0, 0.05) is 35.7 Å². The van der Waals surface area contributed by atoms with Gasteiger partial charge in [-0.2, -0.15) is 0 Å². The average molecular weight is 349 g/mol. The Hall–Kier alpha value is -3.08. The normalized spacial score (nSPS) is 10.7. The molecule has 0 unspecified atom stereocenters. The van der Waals surface area contributed by atoms with Crippen molar-refractivity contribution in [2.24, 2.45) is 0 Å². The molecule has 3 rings (SSSR count). The third kappa shape index (κ3) is 3.77. The highest BCUT2D eigenvalue weighted by atomic mass is 16.2. The van der Waals surface area contributed by atoms with Crippen LogP contribution in [0.5, 0.6) is 0 Å². The summed E-state index contributed by atoms with van der Waals surface area (Å²) in [5.41, 5.74) is 4.54. The zero-order chi connectivity index (χ0) is 18.7. The minimum Gasteiger partial charge on any atom is -0.322 e. The van der Waals surface area contributed by atoms with E-state index in [4.69, 9.17) is 0 Å². The number of pyridine rings is 1. The van der Waals surface area contributed by atoms with Crippen LogP contribution in [0.2, 0.25) is 0 Å². The Balaban J connectivity index is 1.84. The number of urea groups is 1. The van der Waals surface area contributed by atoms with Gasteiger partial charge in [-0.3, -0.25) is 4.79 Å². The largest absolute Gasteiger partial charge is 0.322 e. The molecular weight excluding hydrogens is 326 g/mol. The summed E-state index contributed by atoms with van der Waals surface area (Å²) in [6, 6.07) is 14.9. The van der Waals surface area contributed by atoms with Crippen LogP contribution in [0.1, 0.15) is 23.6 Å². The maximum atomic E-state index is 12.7. The van der Waals surface area contributed by atoms with Gasteiger partial charge in [0.2, 0.25) is 5.56 Å². The lowest BCUT2D eigenvalue weighted by Crippen LogP contribution is -2.34. The Morgan fingerprint density at radius 2 is 1.85 bits per heavy atom. The fraction of sp³-hybridized carbons (Fsp3) is 0.238. The molecule has 0 saturated heterocycles. The molecule has 2 amide bonds. The number of aromatic nitrogens is 1. The van der Waals surface area contributed by atoms with Crippen LogP contribution in [-0.2, 0) is 6.54 Å². The van der Waals surface area contributed by atoms with E-state index in [1.807, 2.05) is 63.2 Å². The number of para-hydroxylation sites is 1. The molecule has 0 saturated carbocycles. The third-order valence-corrected chi connectivity index (χ3v) is 4.62. The van der Waals surface area contributed by atoms with Gasteiger partial charge in [-0.05, 0) is 55.7 Å². The van der Waals surface area contributed by atoms with Crippen molar-refractivity contribution in [3.05, 3.63) is 75.6 Å². The first-order valence-corrected chi connectivity index (χ1v) is 8.72. The van der Waals surface area contributed by atoms with Crippen molar-refractivity contribution >= 4 is 22.6 Å². The molecule has 0 bridgehead atoms. The Morgan fingerprint density at radius 3 is 2.58 bits per heavy atom. The number of carbonyl (C=O) groups excluding carboxylic acids is 1. The average Bonchev–Trinajstić information content (AvgIpc) is 2.62. The van der Waals surface area contributed by atoms with Crippen LogP contribution in [-0.4, -0.2) is 22.5 Å². The van der Waals surface area contributed by atoms with E-state index in [1.54, 1.807) is 11.0 Å². The second-order valence-corrected chi connectivity index (χ2v) is 6.45. The van der Waals surface area contributed by atoms with Crippen LogP contribution in [0.25, 0.3) is 10.9 Å². The number of rotatable bonds is 4. The maximum Gasteiger partial charge on any atom is 0.322 e. The molecule has 5 heteroatoms. The van der Waals surface area contributed by atoms with Gasteiger partial charge in [-0.15, -0.1) is 0 Å². The van der Waals surface area contributed by atoms with E-state index in [2.05, 4.69) is 10.3 Å². The van der Waals surface area contributed by atoms with Gasteiger partial charge < -0.3 is 15.2 Å². The van der Waals surface area contributed by atoms with Crippen LogP contribution in [0.3, 0.4) is 0 Å². The summed E-state index contributed by atoms with van der Waals surface area (Å²) < 4.78 is 0. The molecular formula is C21H23N3O2. The highest BCUT2D eigenvalue weighted by Crippen LogP contribution is 2.18. The van der Waals surface area contributed by atoms with Crippen molar-refractivity contribution in [2.45, 2.75) is 27.3 Å². The quantitative estimate of drug-likeness (QED) is 0.741. The lowest BCUT2D eigenvalue weighted by molar-refractivity contribution is 0.212. The van der Waals surface area contributed by atoms with Crippen LogP contribution in [0.4, 0.5) is 10.5 Å². The second-order valence-electron chi connectivity index (χ2n) is 6.45. The zero-order valence-electron chi connectivity index (χ0n) is 15.3. The summed E-state index contributed by atoms with van der Waals surface area (Å²) in [4.78, 5) is 29.1. The molecule has 0 aliphatic carbocycles. The van der Waals surface area contributed by atoms with Crippen LogP contribution >= 0.6 is 0 Å². The van der Waals surface area contributed by atoms with E-state index in [-0.39, 0.29) is 11.6 Å². The molecule has 2 aromatic carbocycles. The molecule has 0 spiro atoms. The van der Waals surface area contributed by atoms with Crippen LogP contribution in [0.15, 0.2) is 53.3 Å². The fourth-order valence-corrected chi connectivity index (χ4v) is 2.96. The maximum absolute atomic E-state index is 12.7. The van der Waals surface area contributed by atoms with E-state index in [1.165, 1.54) is 5.56 Å². The summed E-state index contributed by atoms with van der Waals surface area (Å²) >= 11 is 0. The minimum absolute atomic E-state index is 0.163. The number of hydrogen-bond acceptors (Lipinski definition) is 2. The van der Waals surface area contributed by atoms with Crippen molar-refractivity contribution < 1.29 is 4.79 Å². The van der Waals surface area contributed by atoms with Crippen molar-refractivity contribution in [3.8, 4) is 0 Å². The molecule has 134 valence electrons. The second kappa shape index (κ2) is 7.44. The molecule has 0 fully saturated rings. The number of nitrogens with zero attached hydrogens (tertiary/aromatic N) is 1. The van der Waals surface area contributed by atoms with Crippen molar-refractivity contribution in [1.29, 1.82) is 0 Å². The summed E-state index contributed by atoms with van der Waals surface area (Å²) in [6.07, 6.45) is 0. The number of hydrogen-bond donors (Lipinski definition) is 2. The van der Waals surface area contributed by atoms with Gasteiger partial charge in [-0.25, -0.2) is 4.79 Å². The van der Waals surface area contributed by atoms with E-state index in [9.17, 15) is 9.59 Å². The molecule has 5 nitrogen and oxygen atoms in total. The van der Waals surface area contributed by atoms with Crippen molar-refractivity contribution in [1.82, 2.24) is 9.88 Å². The van der Waals surface area contributed by atoms with Gasteiger partial charge in [-0.1, -0.05) is 24.3 Å². The van der Waals surface area contributed by atoms with Gasteiger partial charge in [0.1, 0.15) is 0 Å². The summed E-state index contributed by atoms with van der Waals surface area (Å²) in [6.45, 7) is 6.90. The lowest BCUT2D eigenvalue weighted by atomic mass is 10.1. The SMILES string of the molecule is CCN(Cc1cc(=O)[nH]c2ccccc12)C(=O)Nc1ccc(C)c(C)c1. The highest BCUT2D eigenvalue weighted by Gasteiger charge is 2.14. The molecule has 0 aliphatic heterocycles. The van der Waals surface area contributed by atoms with E-state index in [0.29, 0.717) is 13.1 Å². The highest BCUT2D eigenvalue weighted by molar-refractivity contribution is 5.90. The lowest BCUT2D eigenvalue weighted by Gasteiger charge is -2.22. The number of amides is 2. The first kappa shape index (κ1) is 17.7. The van der Waals surface area contributed by atoms with E-state index < -0.39 is 0 Å². The first-order valence-electron chi connectivity index (χ1n) is 8.72.